The highest BCUT2D eigenvalue weighted by atomic mass is 16.1. The summed E-state index contributed by atoms with van der Waals surface area (Å²) < 4.78 is 0. The number of H-pyrrole nitrogens is 1. The zero-order chi connectivity index (χ0) is 15.5. The number of rotatable bonds is 4. The van der Waals surface area contributed by atoms with E-state index in [1.54, 1.807) is 24.3 Å². The van der Waals surface area contributed by atoms with Crippen molar-refractivity contribution in [2.45, 2.75) is 13.3 Å². The average Bonchev–Trinajstić information content (AvgIpc) is 2.95. The summed E-state index contributed by atoms with van der Waals surface area (Å²) in [5.41, 5.74) is 3.23. The van der Waals surface area contributed by atoms with E-state index >= 15 is 0 Å². The van der Waals surface area contributed by atoms with E-state index in [0.29, 0.717) is 17.7 Å². The molecule has 0 radical (unpaired) electrons. The molecule has 0 atom stereocenters. The van der Waals surface area contributed by atoms with Crippen LogP contribution in [0.1, 0.15) is 22.8 Å². The summed E-state index contributed by atoms with van der Waals surface area (Å²) >= 11 is 0. The van der Waals surface area contributed by atoms with E-state index in [9.17, 15) is 9.59 Å². The number of amides is 1. The van der Waals surface area contributed by atoms with Gasteiger partial charge >= 0.3 is 0 Å². The van der Waals surface area contributed by atoms with Gasteiger partial charge in [-0.2, -0.15) is 0 Å². The van der Waals surface area contributed by atoms with Gasteiger partial charge in [-0.3, -0.25) is 9.59 Å². The van der Waals surface area contributed by atoms with Crippen LogP contribution in [0, 0.1) is 0 Å². The molecule has 0 aliphatic rings. The topological polar surface area (TPSA) is 62.0 Å². The first-order valence-corrected chi connectivity index (χ1v) is 7.09. The van der Waals surface area contributed by atoms with Crippen molar-refractivity contribution in [3.63, 3.8) is 0 Å². The Morgan fingerprint density at radius 3 is 2.77 bits per heavy atom. The lowest BCUT2D eigenvalue weighted by Crippen LogP contribution is -2.14. The number of benzene rings is 2. The molecule has 0 spiro atoms. The summed E-state index contributed by atoms with van der Waals surface area (Å²) in [5, 5.41) is 3.92. The van der Waals surface area contributed by atoms with Crippen molar-refractivity contribution in [3.8, 4) is 0 Å². The van der Waals surface area contributed by atoms with Crippen LogP contribution in [-0.4, -0.2) is 16.7 Å². The molecule has 1 amide bonds. The minimum Gasteiger partial charge on any atom is -0.361 e. The van der Waals surface area contributed by atoms with Crippen LogP contribution < -0.4 is 5.32 Å². The van der Waals surface area contributed by atoms with Gasteiger partial charge in [0, 0.05) is 23.0 Å². The van der Waals surface area contributed by atoms with E-state index in [-0.39, 0.29) is 11.7 Å². The lowest BCUT2D eigenvalue weighted by atomic mass is 10.1. The molecule has 4 heteroatoms. The maximum atomic E-state index is 12.1. The molecule has 2 aromatic carbocycles. The summed E-state index contributed by atoms with van der Waals surface area (Å²) in [6.07, 6.45) is 2.17. The number of aromatic amines is 1. The lowest BCUT2D eigenvalue weighted by molar-refractivity contribution is -0.115. The van der Waals surface area contributed by atoms with E-state index in [2.05, 4.69) is 10.3 Å². The van der Waals surface area contributed by atoms with Gasteiger partial charge in [0.05, 0.1) is 6.42 Å². The third kappa shape index (κ3) is 3.06. The number of ketones is 1. The maximum absolute atomic E-state index is 12.1. The number of Topliss-reactive ketones (excluding diaryl/α,β-unsaturated/α-hetero) is 1. The minimum absolute atomic E-state index is 0.0194. The number of nitrogens with one attached hydrogen (secondary N) is 2. The maximum Gasteiger partial charge on any atom is 0.228 e. The van der Waals surface area contributed by atoms with Crippen LogP contribution in [0.4, 0.5) is 5.69 Å². The van der Waals surface area contributed by atoms with Gasteiger partial charge in [0.15, 0.2) is 5.78 Å². The zero-order valence-electron chi connectivity index (χ0n) is 12.2. The van der Waals surface area contributed by atoms with E-state index in [1.807, 2.05) is 30.5 Å². The first-order chi connectivity index (χ1) is 10.6. The standard InChI is InChI=1S/C18H16N2O2/c1-12(21)14-3-2-4-16(11-14)20-18(22)10-13-5-6-17-15(9-13)7-8-19-17/h2-9,11,19H,10H2,1H3,(H,20,22). The number of carbonyl (C=O) groups is 2. The van der Waals surface area contributed by atoms with Gasteiger partial charge in [0.25, 0.3) is 0 Å². The van der Waals surface area contributed by atoms with Gasteiger partial charge in [-0.1, -0.05) is 18.2 Å². The van der Waals surface area contributed by atoms with Gasteiger partial charge in [0.1, 0.15) is 0 Å². The summed E-state index contributed by atoms with van der Waals surface area (Å²) in [6.45, 7) is 1.51. The predicted octanol–water partition coefficient (Wildman–Crippen LogP) is 3.55. The number of fused-ring (bicyclic) bond motifs is 1. The molecule has 4 nitrogen and oxygen atoms in total. The molecule has 1 heterocycles. The highest BCUT2D eigenvalue weighted by molar-refractivity contribution is 5.97. The average molecular weight is 292 g/mol. The third-order valence-corrected chi connectivity index (χ3v) is 3.54. The number of hydrogen-bond acceptors (Lipinski definition) is 2. The first-order valence-electron chi connectivity index (χ1n) is 7.09. The first kappa shape index (κ1) is 14.1. The van der Waals surface area contributed by atoms with Crippen LogP contribution in [-0.2, 0) is 11.2 Å². The van der Waals surface area contributed by atoms with Crippen LogP contribution in [0.25, 0.3) is 10.9 Å². The summed E-state index contributed by atoms with van der Waals surface area (Å²) in [6, 6.07) is 14.8. The highest BCUT2D eigenvalue weighted by Crippen LogP contribution is 2.16. The SMILES string of the molecule is CC(=O)c1cccc(NC(=O)Cc2ccc3[nH]ccc3c2)c1. The van der Waals surface area contributed by atoms with Gasteiger partial charge in [-0.25, -0.2) is 0 Å². The molecule has 0 unspecified atom stereocenters. The molecule has 1 aromatic heterocycles. The van der Waals surface area contributed by atoms with Crippen molar-refractivity contribution in [1.82, 2.24) is 4.98 Å². The molecule has 0 aliphatic carbocycles. The third-order valence-electron chi connectivity index (χ3n) is 3.54. The molecule has 3 aromatic rings. The van der Waals surface area contributed by atoms with Crippen molar-refractivity contribution in [2.75, 3.05) is 5.32 Å². The second-order valence-corrected chi connectivity index (χ2v) is 5.26. The molecule has 0 saturated carbocycles. The predicted molar refractivity (Wildman–Crippen MR) is 87.1 cm³/mol. The molecular formula is C18H16N2O2. The summed E-state index contributed by atoms with van der Waals surface area (Å²) in [7, 11) is 0. The smallest absolute Gasteiger partial charge is 0.228 e. The zero-order valence-corrected chi connectivity index (χ0v) is 12.2. The molecule has 2 N–H and O–H groups in total. The van der Waals surface area contributed by atoms with E-state index in [4.69, 9.17) is 0 Å². The molecule has 0 aliphatic heterocycles. The Kier molecular flexibility index (Phi) is 3.74. The molecule has 3 rings (SSSR count). The van der Waals surface area contributed by atoms with Crippen molar-refractivity contribution < 1.29 is 9.59 Å². The molecule has 0 bridgehead atoms. The highest BCUT2D eigenvalue weighted by Gasteiger charge is 2.07. The second-order valence-electron chi connectivity index (χ2n) is 5.26. The number of aromatic nitrogens is 1. The summed E-state index contributed by atoms with van der Waals surface area (Å²) in [4.78, 5) is 26.6. The second kappa shape index (κ2) is 5.85. The Bertz CT molecular complexity index is 849. The van der Waals surface area contributed by atoms with Gasteiger partial charge in [-0.05, 0) is 48.2 Å². The Morgan fingerprint density at radius 1 is 1.09 bits per heavy atom. The fraction of sp³-hybridized carbons (Fsp3) is 0.111. The largest absolute Gasteiger partial charge is 0.361 e. The van der Waals surface area contributed by atoms with Crippen molar-refractivity contribution in [3.05, 3.63) is 65.9 Å². The van der Waals surface area contributed by atoms with E-state index in [1.165, 1.54) is 6.92 Å². The van der Waals surface area contributed by atoms with Crippen LogP contribution in [0.5, 0.6) is 0 Å². The van der Waals surface area contributed by atoms with Crippen molar-refractivity contribution >= 4 is 28.3 Å². The Hall–Kier alpha value is -2.88. The van der Waals surface area contributed by atoms with Gasteiger partial charge < -0.3 is 10.3 Å². The molecule has 0 fully saturated rings. The monoisotopic (exact) mass is 292 g/mol. The van der Waals surface area contributed by atoms with Gasteiger partial charge in [-0.15, -0.1) is 0 Å². The van der Waals surface area contributed by atoms with Crippen LogP contribution in [0.3, 0.4) is 0 Å². The van der Waals surface area contributed by atoms with Crippen LogP contribution >= 0.6 is 0 Å². The number of anilines is 1. The fourth-order valence-electron chi connectivity index (χ4n) is 2.42. The number of carbonyl (C=O) groups excluding carboxylic acids is 2. The Balaban J connectivity index is 1.71. The summed E-state index contributed by atoms with van der Waals surface area (Å²) in [5.74, 6) is -0.121. The quantitative estimate of drug-likeness (QED) is 0.722. The number of hydrogen-bond donors (Lipinski definition) is 2. The molecular weight excluding hydrogens is 276 g/mol. The van der Waals surface area contributed by atoms with Crippen LogP contribution in [0.2, 0.25) is 0 Å². The molecule has 110 valence electrons. The minimum atomic E-state index is -0.101. The Morgan fingerprint density at radius 2 is 1.95 bits per heavy atom. The van der Waals surface area contributed by atoms with E-state index < -0.39 is 0 Å². The molecule has 22 heavy (non-hydrogen) atoms. The van der Waals surface area contributed by atoms with Crippen molar-refractivity contribution in [2.24, 2.45) is 0 Å². The van der Waals surface area contributed by atoms with E-state index in [0.717, 1.165) is 16.5 Å². The lowest BCUT2D eigenvalue weighted by Gasteiger charge is -2.07. The molecule has 0 saturated heterocycles. The van der Waals surface area contributed by atoms with Gasteiger partial charge in [0.2, 0.25) is 5.91 Å². The Labute approximate surface area is 128 Å². The van der Waals surface area contributed by atoms with Crippen molar-refractivity contribution in [1.29, 1.82) is 0 Å². The fourth-order valence-corrected chi connectivity index (χ4v) is 2.42. The normalized spacial score (nSPS) is 10.6. The van der Waals surface area contributed by atoms with Crippen LogP contribution in [0.15, 0.2) is 54.7 Å².